The molecule has 0 aliphatic carbocycles. The van der Waals surface area contributed by atoms with E-state index >= 15 is 0 Å². The predicted octanol–water partition coefficient (Wildman–Crippen LogP) is 2.53. The molecule has 0 amide bonds. The highest BCUT2D eigenvalue weighted by molar-refractivity contribution is 6.33. The fourth-order valence-electron chi connectivity index (χ4n) is 1.40. The van der Waals surface area contributed by atoms with Crippen LogP contribution in [0.1, 0.15) is 6.92 Å². The smallest absolute Gasteiger partial charge is 0.323 e. The molecule has 6 nitrogen and oxygen atoms in total. The van der Waals surface area contributed by atoms with Gasteiger partial charge in [0.25, 0.3) is 0 Å². The molecule has 0 aliphatic heterocycles. The second kappa shape index (κ2) is 5.83. The first-order chi connectivity index (χ1) is 9.49. The van der Waals surface area contributed by atoms with E-state index in [4.69, 9.17) is 22.1 Å². The van der Waals surface area contributed by atoms with Crippen molar-refractivity contribution < 1.29 is 13.5 Å². The average Bonchev–Trinajstić information content (AvgIpc) is 2.33. The lowest BCUT2D eigenvalue weighted by atomic mass is 10.3. The molecule has 0 fully saturated rings. The molecule has 0 saturated heterocycles. The van der Waals surface area contributed by atoms with Gasteiger partial charge in [0, 0.05) is 6.07 Å². The molecule has 0 saturated carbocycles. The number of ether oxygens (including phenoxy) is 1. The molecule has 0 spiro atoms. The van der Waals surface area contributed by atoms with Crippen LogP contribution in [0, 0.1) is 11.6 Å². The zero-order valence-electron chi connectivity index (χ0n) is 10.3. The van der Waals surface area contributed by atoms with E-state index in [1.165, 1.54) is 0 Å². The number of benzene rings is 1. The zero-order valence-corrected chi connectivity index (χ0v) is 11.1. The van der Waals surface area contributed by atoms with Crippen molar-refractivity contribution in [2.75, 3.05) is 17.7 Å². The lowest BCUT2D eigenvalue weighted by Gasteiger charge is -2.09. The van der Waals surface area contributed by atoms with Gasteiger partial charge < -0.3 is 15.8 Å². The molecule has 0 atom stereocenters. The number of hydrogen-bond acceptors (Lipinski definition) is 6. The summed E-state index contributed by atoms with van der Waals surface area (Å²) in [6.45, 7) is 2.07. The second-order valence-corrected chi connectivity index (χ2v) is 4.01. The summed E-state index contributed by atoms with van der Waals surface area (Å²) in [4.78, 5) is 11.4. The second-order valence-electron chi connectivity index (χ2n) is 3.60. The van der Waals surface area contributed by atoms with Crippen molar-refractivity contribution in [3.05, 3.63) is 28.8 Å². The minimum atomic E-state index is -0.882. The van der Waals surface area contributed by atoms with Gasteiger partial charge in [0.15, 0.2) is 5.82 Å². The van der Waals surface area contributed by atoms with Crippen molar-refractivity contribution in [1.82, 2.24) is 15.0 Å². The van der Waals surface area contributed by atoms with Gasteiger partial charge in [-0.25, -0.2) is 8.78 Å². The Morgan fingerprint density at radius 2 is 2.05 bits per heavy atom. The van der Waals surface area contributed by atoms with E-state index in [2.05, 4.69) is 20.3 Å². The molecule has 0 aliphatic rings. The summed E-state index contributed by atoms with van der Waals surface area (Å²) in [5.41, 5.74) is 5.31. The molecule has 0 unspecified atom stereocenters. The van der Waals surface area contributed by atoms with Gasteiger partial charge in [-0.2, -0.15) is 15.0 Å². The number of halogens is 3. The number of nitrogen functional groups attached to an aromatic ring is 1. The first kappa shape index (κ1) is 14.2. The van der Waals surface area contributed by atoms with Crippen LogP contribution in [0.5, 0.6) is 6.01 Å². The maximum absolute atomic E-state index is 13.6. The maximum Gasteiger partial charge on any atom is 0.323 e. The van der Waals surface area contributed by atoms with Crippen LogP contribution in [-0.2, 0) is 0 Å². The zero-order chi connectivity index (χ0) is 14.7. The van der Waals surface area contributed by atoms with Crippen LogP contribution >= 0.6 is 11.6 Å². The summed E-state index contributed by atoms with van der Waals surface area (Å²) in [5.74, 6) is -1.84. The van der Waals surface area contributed by atoms with Gasteiger partial charge in [0.1, 0.15) is 5.82 Å². The lowest BCUT2D eigenvalue weighted by molar-refractivity contribution is 0.312. The first-order valence-electron chi connectivity index (χ1n) is 5.55. The van der Waals surface area contributed by atoms with Crippen molar-refractivity contribution >= 4 is 29.2 Å². The van der Waals surface area contributed by atoms with Crippen molar-refractivity contribution in [1.29, 1.82) is 0 Å². The first-order valence-corrected chi connectivity index (χ1v) is 5.93. The van der Waals surface area contributed by atoms with E-state index in [-0.39, 0.29) is 28.6 Å². The number of anilines is 3. The van der Waals surface area contributed by atoms with E-state index in [1.54, 1.807) is 6.92 Å². The van der Waals surface area contributed by atoms with Gasteiger partial charge in [-0.3, -0.25) is 0 Å². The van der Waals surface area contributed by atoms with E-state index in [9.17, 15) is 8.78 Å². The molecule has 1 heterocycles. The quantitative estimate of drug-likeness (QED) is 0.902. The summed E-state index contributed by atoms with van der Waals surface area (Å²) < 4.78 is 31.6. The van der Waals surface area contributed by atoms with Gasteiger partial charge in [-0.1, -0.05) is 11.6 Å². The fraction of sp³-hybridized carbons (Fsp3) is 0.182. The Labute approximate surface area is 118 Å². The summed E-state index contributed by atoms with van der Waals surface area (Å²) in [6, 6.07) is 1.63. The number of rotatable bonds is 4. The third kappa shape index (κ3) is 3.21. The molecule has 9 heteroatoms. The van der Waals surface area contributed by atoms with Crippen LogP contribution in [0.4, 0.5) is 26.4 Å². The SMILES string of the molecule is CCOc1nc(N)nc(Nc2c(F)cc(F)cc2Cl)n1. The Hall–Kier alpha value is -2.22. The van der Waals surface area contributed by atoms with Crippen LogP contribution in [0.15, 0.2) is 12.1 Å². The van der Waals surface area contributed by atoms with Crippen LogP contribution in [0.2, 0.25) is 5.02 Å². The van der Waals surface area contributed by atoms with Gasteiger partial charge in [0.2, 0.25) is 11.9 Å². The minimum Gasteiger partial charge on any atom is -0.464 e. The number of nitrogens with one attached hydrogen (secondary N) is 1. The highest BCUT2D eigenvalue weighted by atomic mass is 35.5. The fourth-order valence-corrected chi connectivity index (χ4v) is 1.64. The molecule has 2 aromatic rings. The van der Waals surface area contributed by atoms with Crippen LogP contribution in [-0.4, -0.2) is 21.6 Å². The molecule has 1 aromatic heterocycles. The molecule has 0 radical (unpaired) electrons. The van der Waals surface area contributed by atoms with Crippen molar-refractivity contribution in [3.8, 4) is 6.01 Å². The molecule has 0 bridgehead atoms. The van der Waals surface area contributed by atoms with E-state index in [1.807, 2.05) is 0 Å². The summed E-state index contributed by atoms with van der Waals surface area (Å²) in [6.07, 6.45) is 0. The van der Waals surface area contributed by atoms with Crippen LogP contribution < -0.4 is 15.8 Å². The molecule has 20 heavy (non-hydrogen) atoms. The van der Waals surface area contributed by atoms with E-state index in [0.717, 1.165) is 6.07 Å². The van der Waals surface area contributed by atoms with Crippen LogP contribution in [0.25, 0.3) is 0 Å². The third-order valence-electron chi connectivity index (χ3n) is 2.15. The molecular weight excluding hydrogens is 292 g/mol. The molecule has 106 valence electrons. The third-order valence-corrected chi connectivity index (χ3v) is 2.45. The van der Waals surface area contributed by atoms with Crippen molar-refractivity contribution in [2.24, 2.45) is 0 Å². The number of aromatic nitrogens is 3. The van der Waals surface area contributed by atoms with Gasteiger partial charge in [0.05, 0.1) is 17.3 Å². The Morgan fingerprint density at radius 1 is 1.30 bits per heavy atom. The average molecular weight is 302 g/mol. The minimum absolute atomic E-state index is 0.0128. The molecule has 2 rings (SSSR count). The number of nitrogens with zero attached hydrogens (tertiary/aromatic N) is 3. The molecule has 1 aromatic carbocycles. The molecule has 3 N–H and O–H groups in total. The Morgan fingerprint density at radius 3 is 2.70 bits per heavy atom. The highest BCUT2D eigenvalue weighted by Gasteiger charge is 2.13. The predicted molar refractivity (Wildman–Crippen MR) is 70.1 cm³/mol. The van der Waals surface area contributed by atoms with Crippen molar-refractivity contribution in [2.45, 2.75) is 6.92 Å². The Bertz CT molecular complexity index is 617. The summed E-state index contributed by atoms with van der Waals surface area (Å²) >= 11 is 5.75. The summed E-state index contributed by atoms with van der Waals surface area (Å²) in [7, 11) is 0. The standard InChI is InChI=1S/C11H10ClF2N5O/c1-2-20-11-18-9(15)17-10(19-11)16-8-6(12)3-5(13)4-7(8)14/h3-4H,2H2,1H3,(H3,15,16,17,18,19). The summed E-state index contributed by atoms with van der Waals surface area (Å²) in [5, 5.41) is 2.36. The van der Waals surface area contributed by atoms with Crippen molar-refractivity contribution in [3.63, 3.8) is 0 Å². The Balaban J connectivity index is 2.35. The lowest BCUT2D eigenvalue weighted by Crippen LogP contribution is -2.07. The monoisotopic (exact) mass is 301 g/mol. The van der Waals surface area contributed by atoms with Gasteiger partial charge >= 0.3 is 6.01 Å². The topological polar surface area (TPSA) is 86.0 Å². The molecular formula is C11H10ClF2N5O. The van der Waals surface area contributed by atoms with E-state index < -0.39 is 11.6 Å². The van der Waals surface area contributed by atoms with Crippen LogP contribution in [0.3, 0.4) is 0 Å². The Kier molecular flexibility index (Phi) is 4.14. The largest absolute Gasteiger partial charge is 0.464 e. The number of hydrogen-bond donors (Lipinski definition) is 2. The normalized spacial score (nSPS) is 10.4. The van der Waals surface area contributed by atoms with Gasteiger partial charge in [-0.05, 0) is 13.0 Å². The highest BCUT2D eigenvalue weighted by Crippen LogP contribution is 2.28. The van der Waals surface area contributed by atoms with Gasteiger partial charge in [-0.15, -0.1) is 0 Å². The number of nitrogens with two attached hydrogens (primary N) is 1. The maximum atomic E-state index is 13.6. The van der Waals surface area contributed by atoms with E-state index in [0.29, 0.717) is 12.7 Å².